The average molecular weight is 113 g/mol. The van der Waals surface area contributed by atoms with E-state index < -0.39 is 0 Å². The van der Waals surface area contributed by atoms with Crippen molar-refractivity contribution in [1.82, 2.24) is 5.32 Å². The van der Waals surface area contributed by atoms with Crippen molar-refractivity contribution in [3.05, 3.63) is 0 Å². The van der Waals surface area contributed by atoms with Crippen molar-refractivity contribution in [3.63, 3.8) is 0 Å². The number of rotatable bonds is 0. The lowest BCUT2D eigenvalue weighted by Gasteiger charge is -2.44. The van der Waals surface area contributed by atoms with Gasteiger partial charge in [0.2, 0.25) is 0 Å². The first-order valence-corrected chi connectivity index (χ1v) is 3.29. The summed E-state index contributed by atoms with van der Waals surface area (Å²) in [5.41, 5.74) is 0. The third-order valence-electron chi connectivity index (χ3n) is 2.15. The molecule has 3 fully saturated rings. The van der Waals surface area contributed by atoms with Crippen LogP contribution in [0.1, 0.15) is 19.3 Å². The molecule has 2 heterocycles. The van der Waals surface area contributed by atoms with Crippen molar-refractivity contribution in [2.45, 2.75) is 37.5 Å². The van der Waals surface area contributed by atoms with Gasteiger partial charge in [-0.1, -0.05) is 0 Å². The summed E-state index contributed by atoms with van der Waals surface area (Å²) in [5.74, 6) is 0. The minimum atomic E-state index is -0.000000000000000444. The highest BCUT2D eigenvalue weighted by Crippen LogP contribution is 2.27. The largest absolute Gasteiger partial charge is 0.393 e. The number of aliphatic hydroxyl groups excluding tert-OH is 1. The second kappa shape index (κ2) is 1.45. The first-order valence-electron chi connectivity index (χ1n) is 3.29. The molecule has 2 saturated heterocycles. The molecule has 0 aromatic rings. The Hall–Kier alpha value is -0.0800. The number of hydrogen-bond donors (Lipinski definition) is 2. The van der Waals surface area contributed by atoms with Crippen LogP contribution in [-0.2, 0) is 0 Å². The number of hydrogen-bond acceptors (Lipinski definition) is 2. The van der Waals surface area contributed by atoms with E-state index in [4.69, 9.17) is 5.11 Å². The second-order valence-electron chi connectivity index (χ2n) is 2.92. The summed E-state index contributed by atoms with van der Waals surface area (Å²) in [6, 6.07) is 1.31. The summed E-state index contributed by atoms with van der Waals surface area (Å²) < 4.78 is 0. The molecule has 0 aromatic carbocycles. The normalized spacial score (nSPS) is 52.9. The van der Waals surface area contributed by atoms with E-state index in [0.29, 0.717) is 12.1 Å². The van der Waals surface area contributed by atoms with Crippen molar-refractivity contribution < 1.29 is 5.11 Å². The lowest BCUT2D eigenvalue weighted by atomic mass is 9.81. The Morgan fingerprint density at radius 1 is 1.12 bits per heavy atom. The van der Waals surface area contributed by atoms with Crippen LogP contribution in [0.4, 0.5) is 0 Å². The van der Waals surface area contributed by atoms with Gasteiger partial charge < -0.3 is 10.4 Å². The Balaban J connectivity index is 1.97. The molecule has 2 unspecified atom stereocenters. The van der Waals surface area contributed by atoms with Crippen molar-refractivity contribution in [2.24, 2.45) is 0 Å². The summed E-state index contributed by atoms with van der Waals surface area (Å²) in [5, 5.41) is 12.4. The van der Waals surface area contributed by atoms with Gasteiger partial charge in [-0.2, -0.15) is 0 Å². The van der Waals surface area contributed by atoms with Gasteiger partial charge in [0, 0.05) is 12.1 Å². The van der Waals surface area contributed by atoms with Gasteiger partial charge in [-0.15, -0.1) is 0 Å². The standard InChI is InChI=1S/C6H11NO/c8-6-2-4-1-5(3-6)7-4/h4-8H,1-3H2/t4-,5?,6?/m1/s1. The molecule has 0 amide bonds. The van der Waals surface area contributed by atoms with Gasteiger partial charge in [-0.05, 0) is 19.3 Å². The number of nitrogens with one attached hydrogen (secondary N) is 1. The quantitative estimate of drug-likeness (QED) is 0.458. The van der Waals surface area contributed by atoms with Crippen LogP contribution >= 0.6 is 0 Å². The van der Waals surface area contributed by atoms with Gasteiger partial charge in [0.05, 0.1) is 6.10 Å². The van der Waals surface area contributed by atoms with Crippen molar-refractivity contribution >= 4 is 0 Å². The molecule has 3 atom stereocenters. The SMILES string of the molecule is OC1CC2C[C@H](C1)N2. The number of piperidine rings is 1. The van der Waals surface area contributed by atoms with Gasteiger partial charge in [0.1, 0.15) is 0 Å². The van der Waals surface area contributed by atoms with Crippen LogP contribution in [-0.4, -0.2) is 23.3 Å². The fourth-order valence-corrected chi connectivity index (χ4v) is 1.73. The Labute approximate surface area is 48.9 Å². The zero-order chi connectivity index (χ0) is 5.56. The van der Waals surface area contributed by atoms with Crippen LogP contribution in [0.15, 0.2) is 0 Å². The molecule has 2 heteroatoms. The highest BCUT2D eigenvalue weighted by atomic mass is 16.3. The summed E-state index contributed by atoms with van der Waals surface area (Å²) in [7, 11) is 0. The number of fused-ring (bicyclic) bond motifs is 2. The van der Waals surface area contributed by atoms with Gasteiger partial charge >= 0.3 is 0 Å². The lowest BCUT2D eigenvalue weighted by molar-refractivity contribution is 0.0392. The molecule has 2 N–H and O–H groups in total. The predicted molar refractivity (Wildman–Crippen MR) is 30.6 cm³/mol. The van der Waals surface area contributed by atoms with Crippen LogP contribution in [0.25, 0.3) is 0 Å². The third-order valence-corrected chi connectivity index (χ3v) is 2.15. The Morgan fingerprint density at radius 2 is 1.62 bits per heavy atom. The van der Waals surface area contributed by atoms with Crippen molar-refractivity contribution in [2.75, 3.05) is 0 Å². The van der Waals surface area contributed by atoms with E-state index >= 15 is 0 Å². The molecule has 8 heavy (non-hydrogen) atoms. The molecule has 0 aromatic heterocycles. The van der Waals surface area contributed by atoms with Crippen LogP contribution in [0, 0.1) is 0 Å². The molecule has 0 radical (unpaired) electrons. The second-order valence-corrected chi connectivity index (χ2v) is 2.92. The first-order chi connectivity index (χ1) is 3.84. The lowest BCUT2D eigenvalue weighted by Crippen LogP contribution is -2.59. The monoisotopic (exact) mass is 113 g/mol. The molecule has 46 valence electrons. The summed E-state index contributed by atoms with van der Waals surface area (Å²) in [6.45, 7) is 0. The van der Waals surface area contributed by atoms with E-state index in [0.717, 1.165) is 12.8 Å². The van der Waals surface area contributed by atoms with Crippen LogP contribution in [0.3, 0.4) is 0 Å². The molecule has 0 spiro atoms. The molecule has 3 aliphatic rings. The molecule has 1 saturated carbocycles. The van der Waals surface area contributed by atoms with Gasteiger partial charge in [0.25, 0.3) is 0 Å². The van der Waals surface area contributed by atoms with Crippen LogP contribution < -0.4 is 5.32 Å². The van der Waals surface area contributed by atoms with E-state index in [-0.39, 0.29) is 6.10 Å². The summed E-state index contributed by atoms with van der Waals surface area (Å²) in [4.78, 5) is 0. The van der Waals surface area contributed by atoms with Crippen molar-refractivity contribution in [1.29, 1.82) is 0 Å². The van der Waals surface area contributed by atoms with E-state index in [2.05, 4.69) is 5.32 Å². The van der Waals surface area contributed by atoms with Crippen LogP contribution in [0.5, 0.6) is 0 Å². The predicted octanol–water partition coefficient (Wildman–Crippen LogP) is -0.128. The fraction of sp³-hybridized carbons (Fsp3) is 1.00. The van der Waals surface area contributed by atoms with Crippen LogP contribution in [0.2, 0.25) is 0 Å². The van der Waals surface area contributed by atoms with E-state index in [1.54, 1.807) is 0 Å². The topological polar surface area (TPSA) is 32.3 Å². The maximum atomic E-state index is 9.07. The minimum Gasteiger partial charge on any atom is -0.393 e. The highest BCUT2D eigenvalue weighted by molar-refractivity contribution is 4.96. The molecule has 2 nitrogen and oxygen atoms in total. The summed E-state index contributed by atoms with van der Waals surface area (Å²) >= 11 is 0. The molecule has 1 aliphatic carbocycles. The maximum absolute atomic E-state index is 9.07. The average Bonchev–Trinajstić information content (AvgIpc) is 1.62. The number of aliphatic hydroxyl groups is 1. The highest BCUT2D eigenvalue weighted by Gasteiger charge is 2.36. The van der Waals surface area contributed by atoms with Gasteiger partial charge in [-0.3, -0.25) is 0 Å². The van der Waals surface area contributed by atoms with Crippen molar-refractivity contribution in [3.8, 4) is 0 Å². The minimum absolute atomic E-state index is 0.000000000000000444. The smallest absolute Gasteiger partial charge is 0.0569 e. The first kappa shape index (κ1) is 4.77. The maximum Gasteiger partial charge on any atom is 0.0569 e. The molecular formula is C6H11NO. The Bertz CT molecular complexity index is 88.7. The third kappa shape index (κ3) is 0.565. The Morgan fingerprint density at radius 3 is 1.88 bits per heavy atom. The molecule has 2 aliphatic heterocycles. The van der Waals surface area contributed by atoms with E-state index in [9.17, 15) is 0 Å². The summed E-state index contributed by atoms with van der Waals surface area (Å²) in [6.07, 6.45) is 3.27. The zero-order valence-electron chi connectivity index (χ0n) is 4.80. The molecule has 3 rings (SSSR count). The fourth-order valence-electron chi connectivity index (χ4n) is 1.73. The van der Waals surface area contributed by atoms with E-state index in [1.165, 1.54) is 6.42 Å². The molecule has 2 bridgehead atoms. The molecular weight excluding hydrogens is 102 g/mol. The Kier molecular flexibility index (Phi) is 0.866. The van der Waals surface area contributed by atoms with Gasteiger partial charge in [-0.25, -0.2) is 0 Å². The zero-order valence-corrected chi connectivity index (χ0v) is 4.80. The van der Waals surface area contributed by atoms with E-state index in [1.807, 2.05) is 0 Å². The van der Waals surface area contributed by atoms with Gasteiger partial charge in [0.15, 0.2) is 0 Å².